The molecule has 1 aromatic heterocycles. The Morgan fingerprint density at radius 2 is 2.00 bits per heavy atom. The van der Waals surface area contributed by atoms with Gasteiger partial charge in [-0.05, 0) is 31.0 Å². The maximum Gasteiger partial charge on any atom is 0.101 e. The molecule has 0 aliphatic rings. The molecule has 86 valence electrons. The summed E-state index contributed by atoms with van der Waals surface area (Å²) in [6.07, 6.45) is 0. The van der Waals surface area contributed by atoms with Crippen LogP contribution in [0.25, 0.3) is 10.2 Å². The zero-order valence-electron chi connectivity index (χ0n) is 10.3. The Kier molecular flexibility index (Phi) is 2.76. The van der Waals surface area contributed by atoms with E-state index < -0.39 is 0 Å². The summed E-state index contributed by atoms with van der Waals surface area (Å²) < 4.78 is 1.27. The molecule has 2 aromatic rings. The molecule has 0 aliphatic carbocycles. The molecule has 0 radical (unpaired) electrons. The number of nitrogens with zero attached hydrogens (tertiary/aromatic N) is 1. The molecule has 0 amide bonds. The van der Waals surface area contributed by atoms with Crippen molar-refractivity contribution in [3.05, 3.63) is 28.3 Å². The highest BCUT2D eigenvalue weighted by Crippen LogP contribution is 2.32. The van der Waals surface area contributed by atoms with Gasteiger partial charge in [-0.25, -0.2) is 4.98 Å². The van der Waals surface area contributed by atoms with Gasteiger partial charge in [0.05, 0.1) is 10.2 Å². The zero-order valence-corrected chi connectivity index (χ0v) is 11.1. The van der Waals surface area contributed by atoms with Crippen molar-refractivity contribution in [1.29, 1.82) is 0 Å². The Bertz CT molecular complexity index is 526. The fourth-order valence-electron chi connectivity index (χ4n) is 1.75. The number of nitrogens with two attached hydrogens (primary N) is 1. The van der Waals surface area contributed by atoms with Crippen molar-refractivity contribution in [3.63, 3.8) is 0 Å². The average molecular weight is 234 g/mol. The van der Waals surface area contributed by atoms with Crippen molar-refractivity contribution in [2.75, 3.05) is 6.54 Å². The molecule has 1 heterocycles. The van der Waals surface area contributed by atoms with Crippen LogP contribution in [0.1, 0.15) is 30.0 Å². The van der Waals surface area contributed by atoms with E-state index in [1.54, 1.807) is 11.3 Å². The number of aryl methyl sites for hydroxylation is 2. The fourth-order valence-corrected chi connectivity index (χ4v) is 3.00. The SMILES string of the molecule is Cc1cc(C)c2nc(C(C)(C)CN)sc2c1. The molecular weight excluding hydrogens is 216 g/mol. The van der Waals surface area contributed by atoms with Crippen LogP contribution in [0, 0.1) is 13.8 Å². The molecule has 0 saturated heterocycles. The lowest BCUT2D eigenvalue weighted by Crippen LogP contribution is -2.27. The quantitative estimate of drug-likeness (QED) is 0.867. The molecule has 0 fully saturated rings. The lowest BCUT2D eigenvalue weighted by atomic mass is 9.95. The van der Waals surface area contributed by atoms with E-state index in [0.29, 0.717) is 6.54 Å². The molecule has 0 spiro atoms. The van der Waals surface area contributed by atoms with E-state index in [4.69, 9.17) is 10.7 Å². The molecule has 0 atom stereocenters. The van der Waals surface area contributed by atoms with Gasteiger partial charge in [0.1, 0.15) is 5.01 Å². The molecule has 0 saturated carbocycles. The molecule has 2 rings (SSSR count). The number of hydrogen-bond donors (Lipinski definition) is 1. The van der Waals surface area contributed by atoms with Crippen molar-refractivity contribution in [2.24, 2.45) is 5.73 Å². The van der Waals surface area contributed by atoms with E-state index >= 15 is 0 Å². The lowest BCUT2D eigenvalue weighted by molar-refractivity contribution is 0.536. The van der Waals surface area contributed by atoms with Crippen LogP contribution < -0.4 is 5.73 Å². The summed E-state index contributed by atoms with van der Waals surface area (Å²) in [7, 11) is 0. The van der Waals surface area contributed by atoms with Crippen molar-refractivity contribution in [1.82, 2.24) is 4.98 Å². The highest BCUT2D eigenvalue weighted by Gasteiger charge is 2.23. The van der Waals surface area contributed by atoms with Crippen LogP contribution in [-0.2, 0) is 5.41 Å². The van der Waals surface area contributed by atoms with Crippen LogP contribution in [0.2, 0.25) is 0 Å². The summed E-state index contributed by atoms with van der Waals surface area (Å²) in [5, 5.41) is 1.14. The highest BCUT2D eigenvalue weighted by molar-refractivity contribution is 7.18. The lowest BCUT2D eigenvalue weighted by Gasteiger charge is -2.18. The van der Waals surface area contributed by atoms with Crippen LogP contribution in [0.5, 0.6) is 0 Å². The Balaban J connectivity index is 2.65. The van der Waals surface area contributed by atoms with Crippen LogP contribution >= 0.6 is 11.3 Å². The van der Waals surface area contributed by atoms with Gasteiger partial charge in [-0.15, -0.1) is 11.3 Å². The van der Waals surface area contributed by atoms with Gasteiger partial charge in [-0.3, -0.25) is 0 Å². The largest absolute Gasteiger partial charge is 0.330 e. The number of aromatic nitrogens is 1. The molecule has 2 N–H and O–H groups in total. The summed E-state index contributed by atoms with van der Waals surface area (Å²) in [6, 6.07) is 4.39. The highest BCUT2D eigenvalue weighted by atomic mass is 32.1. The summed E-state index contributed by atoms with van der Waals surface area (Å²) >= 11 is 1.77. The fraction of sp³-hybridized carbons (Fsp3) is 0.462. The first-order valence-electron chi connectivity index (χ1n) is 5.52. The van der Waals surface area contributed by atoms with Crippen LogP contribution in [0.15, 0.2) is 12.1 Å². The van der Waals surface area contributed by atoms with E-state index in [1.807, 2.05) is 0 Å². The van der Waals surface area contributed by atoms with Crippen LogP contribution in [-0.4, -0.2) is 11.5 Å². The second kappa shape index (κ2) is 3.82. The Morgan fingerprint density at radius 1 is 1.31 bits per heavy atom. The van der Waals surface area contributed by atoms with Crippen molar-refractivity contribution >= 4 is 21.6 Å². The minimum atomic E-state index is -0.0238. The van der Waals surface area contributed by atoms with Crippen LogP contribution in [0.3, 0.4) is 0 Å². The van der Waals surface area contributed by atoms with E-state index in [-0.39, 0.29) is 5.41 Å². The predicted molar refractivity (Wildman–Crippen MR) is 71.2 cm³/mol. The van der Waals surface area contributed by atoms with Gasteiger partial charge in [0.15, 0.2) is 0 Å². The van der Waals surface area contributed by atoms with E-state index in [0.717, 1.165) is 10.5 Å². The first kappa shape index (κ1) is 11.6. The van der Waals surface area contributed by atoms with Crippen molar-refractivity contribution < 1.29 is 0 Å². The van der Waals surface area contributed by atoms with Crippen molar-refractivity contribution in [3.8, 4) is 0 Å². The van der Waals surface area contributed by atoms with Gasteiger partial charge < -0.3 is 5.73 Å². The monoisotopic (exact) mass is 234 g/mol. The number of rotatable bonds is 2. The molecule has 16 heavy (non-hydrogen) atoms. The normalized spacial score (nSPS) is 12.3. The number of fused-ring (bicyclic) bond motifs is 1. The van der Waals surface area contributed by atoms with Crippen LogP contribution in [0.4, 0.5) is 0 Å². The third-order valence-electron chi connectivity index (χ3n) is 2.92. The molecule has 0 unspecified atom stereocenters. The zero-order chi connectivity index (χ0) is 11.9. The maximum atomic E-state index is 5.79. The van der Waals surface area contributed by atoms with E-state index in [2.05, 4.69) is 39.8 Å². The molecule has 0 bridgehead atoms. The summed E-state index contributed by atoms with van der Waals surface area (Å²) in [4.78, 5) is 4.73. The third kappa shape index (κ3) is 1.85. The van der Waals surface area contributed by atoms with Gasteiger partial charge in [-0.1, -0.05) is 19.9 Å². The molecule has 1 aromatic carbocycles. The van der Waals surface area contributed by atoms with E-state index in [1.165, 1.54) is 15.8 Å². The number of hydrogen-bond acceptors (Lipinski definition) is 3. The van der Waals surface area contributed by atoms with E-state index in [9.17, 15) is 0 Å². The van der Waals surface area contributed by atoms with Gasteiger partial charge in [-0.2, -0.15) is 0 Å². The van der Waals surface area contributed by atoms with Gasteiger partial charge >= 0.3 is 0 Å². The summed E-state index contributed by atoms with van der Waals surface area (Å²) in [5.41, 5.74) is 9.45. The summed E-state index contributed by atoms with van der Waals surface area (Å²) in [6.45, 7) is 9.17. The average Bonchev–Trinajstić information content (AvgIpc) is 2.62. The van der Waals surface area contributed by atoms with Crippen molar-refractivity contribution in [2.45, 2.75) is 33.1 Å². The number of thiazole rings is 1. The maximum absolute atomic E-state index is 5.79. The minimum absolute atomic E-state index is 0.0238. The first-order chi connectivity index (χ1) is 7.44. The minimum Gasteiger partial charge on any atom is -0.330 e. The second-order valence-electron chi connectivity index (χ2n) is 5.04. The Labute approximate surface area is 101 Å². The van der Waals surface area contributed by atoms with Gasteiger partial charge in [0.2, 0.25) is 0 Å². The Hall–Kier alpha value is -0.930. The van der Waals surface area contributed by atoms with Gasteiger partial charge in [0, 0.05) is 12.0 Å². The predicted octanol–water partition coefficient (Wildman–Crippen LogP) is 3.15. The smallest absolute Gasteiger partial charge is 0.101 e. The third-order valence-corrected chi connectivity index (χ3v) is 4.29. The standard InChI is InChI=1S/C13H18N2S/c1-8-5-9(2)11-10(6-8)16-12(15-11)13(3,4)7-14/h5-6H,7,14H2,1-4H3. The molecule has 3 heteroatoms. The second-order valence-corrected chi connectivity index (χ2v) is 6.07. The summed E-state index contributed by atoms with van der Waals surface area (Å²) in [5.74, 6) is 0. The molecular formula is C13H18N2S. The topological polar surface area (TPSA) is 38.9 Å². The van der Waals surface area contributed by atoms with Gasteiger partial charge in [0.25, 0.3) is 0 Å². The first-order valence-corrected chi connectivity index (χ1v) is 6.34. The Morgan fingerprint density at radius 3 is 2.62 bits per heavy atom. The number of benzene rings is 1. The molecule has 0 aliphatic heterocycles. The molecule has 2 nitrogen and oxygen atoms in total.